The van der Waals surface area contributed by atoms with Crippen LogP contribution in [-0.4, -0.2) is 9.97 Å². The third-order valence-corrected chi connectivity index (χ3v) is 18.3. The van der Waals surface area contributed by atoms with Gasteiger partial charge >= 0.3 is 0 Å². The average Bonchev–Trinajstić information content (AvgIpc) is 3.44. The fourth-order valence-corrected chi connectivity index (χ4v) is 14.0. The van der Waals surface area contributed by atoms with Gasteiger partial charge in [-0.25, -0.2) is 9.97 Å². The van der Waals surface area contributed by atoms with E-state index in [1.165, 1.54) is 121 Å². The molecular formula is C80H56N2. The van der Waals surface area contributed by atoms with Crippen molar-refractivity contribution in [2.75, 3.05) is 0 Å². The molecule has 0 aliphatic heterocycles. The van der Waals surface area contributed by atoms with Crippen LogP contribution in [-0.2, 0) is 10.8 Å². The zero-order valence-corrected chi connectivity index (χ0v) is 46.3. The second-order valence-electron chi connectivity index (χ2n) is 23.6. The van der Waals surface area contributed by atoms with Crippen molar-refractivity contribution >= 4 is 75.7 Å². The molecule has 0 bridgehead atoms. The summed E-state index contributed by atoms with van der Waals surface area (Å²) in [7, 11) is 0. The van der Waals surface area contributed by atoms with Crippen LogP contribution in [0.2, 0.25) is 0 Å². The standard InChI is InChI=1S/C42H32N2.C38H24/c1-41(2)33-11-7-5-9-29(33)31-19-15-27(23-35(31)41)37-21-17-25-13-14-26-18-22-38(44-40(26)39(25)43-37)28-16-20-32-30-10-6-8-12-34(30)42(3,4)36(32)24-28;1-3-11-27-21-29(19-17-25(27)9-1)35-23-37-34-16-8-6-14-32(34)36(24-38(37)33-15-7-5-13-31(33)35)30-20-18-26-10-2-4-12-28(26)22-30/h5-24H,1-4H3;1-24H. The van der Waals surface area contributed by atoms with Gasteiger partial charge in [0.25, 0.3) is 0 Å². The average molecular weight is 1050 g/mol. The first-order valence-corrected chi connectivity index (χ1v) is 28.7. The number of fused-ring (bicyclic) bond motifs is 16. The minimum absolute atomic E-state index is 0.0479. The molecule has 0 fully saturated rings. The second-order valence-corrected chi connectivity index (χ2v) is 23.6. The van der Waals surface area contributed by atoms with Crippen molar-refractivity contribution in [3.8, 4) is 67.0 Å². The lowest BCUT2D eigenvalue weighted by atomic mass is 9.82. The lowest BCUT2D eigenvalue weighted by Crippen LogP contribution is -2.14. The Morgan fingerprint density at radius 3 is 1.01 bits per heavy atom. The van der Waals surface area contributed by atoms with Crippen molar-refractivity contribution in [2.45, 2.75) is 38.5 Å². The van der Waals surface area contributed by atoms with Gasteiger partial charge in [0.2, 0.25) is 0 Å². The molecule has 0 radical (unpaired) electrons. The van der Waals surface area contributed by atoms with E-state index in [1.54, 1.807) is 0 Å². The van der Waals surface area contributed by atoms with Crippen molar-refractivity contribution in [2.24, 2.45) is 0 Å². The van der Waals surface area contributed by atoms with Gasteiger partial charge in [-0.3, -0.25) is 0 Å². The predicted octanol–water partition coefficient (Wildman–Crippen LogP) is 21.5. The van der Waals surface area contributed by atoms with E-state index in [0.717, 1.165) is 44.3 Å². The summed E-state index contributed by atoms with van der Waals surface area (Å²) in [6.07, 6.45) is 0. The lowest BCUT2D eigenvalue weighted by Gasteiger charge is -2.22. The molecule has 2 nitrogen and oxygen atoms in total. The van der Waals surface area contributed by atoms with Crippen molar-refractivity contribution < 1.29 is 0 Å². The number of benzene rings is 13. The Hall–Kier alpha value is -10.0. The van der Waals surface area contributed by atoms with Gasteiger partial charge in [-0.1, -0.05) is 246 Å². The van der Waals surface area contributed by atoms with Crippen LogP contribution in [0.4, 0.5) is 0 Å². The van der Waals surface area contributed by atoms with Gasteiger partial charge in [-0.05, 0) is 169 Å². The Kier molecular flexibility index (Phi) is 10.7. The molecule has 0 atom stereocenters. The lowest BCUT2D eigenvalue weighted by molar-refractivity contribution is 0.660. The van der Waals surface area contributed by atoms with Gasteiger partial charge in [-0.2, -0.15) is 0 Å². The second kappa shape index (κ2) is 18.3. The number of nitrogens with zero attached hydrogens (tertiary/aromatic N) is 2. The smallest absolute Gasteiger partial charge is 0.0972 e. The van der Waals surface area contributed by atoms with E-state index in [-0.39, 0.29) is 10.8 Å². The van der Waals surface area contributed by atoms with Gasteiger partial charge in [0, 0.05) is 32.7 Å². The quantitative estimate of drug-likeness (QED) is 0.164. The van der Waals surface area contributed by atoms with Gasteiger partial charge in [-0.15, -0.1) is 0 Å². The Morgan fingerprint density at radius 1 is 0.220 bits per heavy atom. The Bertz CT molecular complexity index is 4850. The third kappa shape index (κ3) is 7.48. The van der Waals surface area contributed by atoms with Crippen LogP contribution in [0, 0.1) is 0 Å². The summed E-state index contributed by atoms with van der Waals surface area (Å²) in [4.78, 5) is 10.6. The highest BCUT2D eigenvalue weighted by molar-refractivity contribution is 6.24. The van der Waals surface area contributed by atoms with Crippen LogP contribution in [0.15, 0.2) is 267 Å². The molecule has 13 aromatic carbocycles. The molecule has 2 heteroatoms. The molecule has 2 aliphatic rings. The highest BCUT2D eigenvalue weighted by Crippen LogP contribution is 2.51. The molecule has 386 valence electrons. The van der Waals surface area contributed by atoms with E-state index >= 15 is 0 Å². The number of hydrogen-bond donors (Lipinski definition) is 0. The van der Waals surface area contributed by atoms with E-state index in [4.69, 9.17) is 9.97 Å². The molecule has 2 aliphatic carbocycles. The van der Waals surface area contributed by atoms with E-state index in [9.17, 15) is 0 Å². The van der Waals surface area contributed by atoms with E-state index in [1.807, 2.05) is 0 Å². The molecule has 2 aromatic heterocycles. The molecule has 0 saturated carbocycles. The fourth-order valence-electron chi connectivity index (χ4n) is 14.0. The zero-order valence-electron chi connectivity index (χ0n) is 46.3. The first kappa shape index (κ1) is 47.9. The number of pyridine rings is 2. The number of aromatic nitrogens is 2. The maximum atomic E-state index is 5.28. The molecular weight excluding hydrogens is 989 g/mol. The molecule has 0 unspecified atom stereocenters. The van der Waals surface area contributed by atoms with E-state index in [0.29, 0.717) is 0 Å². The highest BCUT2D eigenvalue weighted by atomic mass is 14.8. The van der Waals surface area contributed by atoms with Gasteiger partial charge in [0.15, 0.2) is 0 Å². The van der Waals surface area contributed by atoms with Crippen LogP contribution < -0.4 is 0 Å². The molecule has 0 saturated heterocycles. The molecule has 15 aromatic rings. The molecule has 0 amide bonds. The Balaban J connectivity index is 0.000000136. The van der Waals surface area contributed by atoms with E-state index < -0.39 is 0 Å². The van der Waals surface area contributed by atoms with Crippen molar-refractivity contribution in [1.82, 2.24) is 9.97 Å². The normalized spacial score (nSPS) is 13.6. The first-order chi connectivity index (χ1) is 40.1. The largest absolute Gasteiger partial charge is 0.245 e. The van der Waals surface area contributed by atoms with Crippen molar-refractivity contribution in [3.63, 3.8) is 0 Å². The summed E-state index contributed by atoms with van der Waals surface area (Å²) in [5, 5.41) is 15.0. The monoisotopic (exact) mass is 1040 g/mol. The molecule has 82 heavy (non-hydrogen) atoms. The Labute approximate surface area is 477 Å². The summed E-state index contributed by atoms with van der Waals surface area (Å²) in [5.74, 6) is 0. The number of rotatable bonds is 4. The molecule has 0 N–H and O–H groups in total. The van der Waals surface area contributed by atoms with Crippen molar-refractivity contribution in [1.29, 1.82) is 0 Å². The third-order valence-electron chi connectivity index (χ3n) is 18.3. The fraction of sp³-hybridized carbons (Fsp3) is 0.0750. The summed E-state index contributed by atoms with van der Waals surface area (Å²) in [5.41, 5.74) is 21.9. The van der Waals surface area contributed by atoms with Crippen LogP contribution in [0.25, 0.3) is 143 Å². The molecule has 2 heterocycles. The molecule has 17 rings (SSSR count). The van der Waals surface area contributed by atoms with Crippen LogP contribution in [0.3, 0.4) is 0 Å². The minimum atomic E-state index is -0.0479. The van der Waals surface area contributed by atoms with Crippen LogP contribution in [0.5, 0.6) is 0 Å². The Morgan fingerprint density at radius 2 is 0.561 bits per heavy atom. The highest BCUT2D eigenvalue weighted by Gasteiger charge is 2.36. The van der Waals surface area contributed by atoms with Crippen LogP contribution in [0.1, 0.15) is 49.9 Å². The SMILES string of the molecule is CC1(C)c2ccccc2-c2ccc(-c3ccc4ccc5ccc(-c6ccc7c(c6)C(C)(C)c6ccccc6-7)nc5c4n3)cc21.c1ccc2cc(-c3cc4c5ccccc5c(-c5ccc6ccccc6c5)cc4c4ccccc34)ccc2c1. The topological polar surface area (TPSA) is 25.8 Å². The first-order valence-electron chi connectivity index (χ1n) is 28.7. The van der Waals surface area contributed by atoms with Gasteiger partial charge in [0.1, 0.15) is 0 Å². The van der Waals surface area contributed by atoms with E-state index in [2.05, 4.69) is 295 Å². The summed E-state index contributed by atoms with van der Waals surface area (Å²) in [6.45, 7) is 9.31. The maximum absolute atomic E-state index is 5.28. The van der Waals surface area contributed by atoms with Gasteiger partial charge in [0.05, 0.1) is 22.4 Å². The number of hydrogen-bond acceptors (Lipinski definition) is 2. The summed E-state index contributed by atoms with van der Waals surface area (Å²) >= 11 is 0. The molecule has 0 spiro atoms. The van der Waals surface area contributed by atoms with Gasteiger partial charge < -0.3 is 0 Å². The van der Waals surface area contributed by atoms with Crippen LogP contribution >= 0.6 is 0 Å². The zero-order chi connectivity index (χ0) is 54.8. The minimum Gasteiger partial charge on any atom is -0.245 e. The maximum Gasteiger partial charge on any atom is 0.0972 e. The predicted molar refractivity (Wildman–Crippen MR) is 348 cm³/mol. The van der Waals surface area contributed by atoms with Crippen molar-refractivity contribution in [3.05, 3.63) is 289 Å². The summed E-state index contributed by atoms with van der Waals surface area (Å²) < 4.78 is 0. The summed E-state index contributed by atoms with van der Waals surface area (Å²) in [6, 6.07) is 97.7.